The topological polar surface area (TPSA) is 18.5 Å². The van der Waals surface area contributed by atoms with E-state index in [2.05, 4.69) is 13.8 Å². The summed E-state index contributed by atoms with van der Waals surface area (Å²) in [7, 11) is 0. The van der Waals surface area contributed by atoms with E-state index in [0.29, 0.717) is 12.4 Å². The number of halogens is 1. The van der Waals surface area contributed by atoms with Gasteiger partial charge in [0.25, 0.3) is 0 Å². The highest BCUT2D eigenvalue weighted by Crippen LogP contribution is 2.27. The van der Waals surface area contributed by atoms with Crippen molar-refractivity contribution in [1.29, 1.82) is 0 Å². The second kappa shape index (κ2) is 15.7. The van der Waals surface area contributed by atoms with Gasteiger partial charge in [0.15, 0.2) is 11.6 Å². The Hall–Kier alpha value is -2.03. The van der Waals surface area contributed by atoms with Gasteiger partial charge in [0, 0.05) is 0 Å². The molecule has 0 radical (unpaired) electrons. The zero-order valence-electron chi connectivity index (χ0n) is 19.6. The van der Waals surface area contributed by atoms with Gasteiger partial charge in [0.1, 0.15) is 5.75 Å². The van der Waals surface area contributed by atoms with Crippen LogP contribution in [0.2, 0.25) is 0 Å². The number of hydrogen-bond acceptors (Lipinski definition) is 2. The summed E-state index contributed by atoms with van der Waals surface area (Å²) < 4.78 is 25.9. The molecular formula is C28H41FO2. The van der Waals surface area contributed by atoms with Crippen molar-refractivity contribution in [2.24, 2.45) is 0 Å². The van der Waals surface area contributed by atoms with Crippen molar-refractivity contribution in [3.05, 3.63) is 48.3 Å². The van der Waals surface area contributed by atoms with Crippen LogP contribution in [0.4, 0.5) is 4.39 Å². The van der Waals surface area contributed by atoms with E-state index in [4.69, 9.17) is 9.47 Å². The molecule has 2 aromatic rings. The van der Waals surface area contributed by atoms with Crippen LogP contribution in [0.1, 0.15) is 90.9 Å². The van der Waals surface area contributed by atoms with Crippen molar-refractivity contribution in [2.75, 3.05) is 13.2 Å². The van der Waals surface area contributed by atoms with Gasteiger partial charge >= 0.3 is 0 Å². The third-order valence-electron chi connectivity index (χ3n) is 5.64. The summed E-state index contributed by atoms with van der Waals surface area (Å²) in [5, 5.41) is 0. The normalized spacial score (nSPS) is 10.9. The number of unbranched alkanes of at least 4 members (excludes halogenated alkanes) is 10. The second-order valence-electron chi connectivity index (χ2n) is 8.40. The minimum absolute atomic E-state index is 0.299. The van der Waals surface area contributed by atoms with Gasteiger partial charge < -0.3 is 9.47 Å². The average molecular weight is 429 g/mol. The maximum absolute atomic E-state index is 14.5. The molecule has 0 aliphatic heterocycles. The van der Waals surface area contributed by atoms with Crippen LogP contribution in [-0.2, 0) is 0 Å². The lowest BCUT2D eigenvalue weighted by molar-refractivity contribution is 0.290. The molecular weight excluding hydrogens is 387 g/mol. The fourth-order valence-electron chi connectivity index (χ4n) is 3.68. The van der Waals surface area contributed by atoms with Crippen molar-refractivity contribution in [3.63, 3.8) is 0 Å². The lowest BCUT2D eigenvalue weighted by Gasteiger charge is -2.10. The van der Waals surface area contributed by atoms with Crippen LogP contribution < -0.4 is 9.47 Å². The van der Waals surface area contributed by atoms with Crippen molar-refractivity contribution in [1.82, 2.24) is 0 Å². The quantitative estimate of drug-likeness (QED) is 0.234. The Morgan fingerprint density at radius 3 is 1.68 bits per heavy atom. The molecule has 0 aromatic heterocycles. The summed E-state index contributed by atoms with van der Waals surface area (Å²) in [6.45, 7) is 5.79. The first-order chi connectivity index (χ1) is 15.2. The van der Waals surface area contributed by atoms with Gasteiger partial charge in [0.05, 0.1) is 13.2 Å². The van der Waals surface area contributed by atoms with E-state index in [-0.39, 0.29) is 5.82 Å². The number of hydrogen-bond donors (Lipinski definition) is 0. The van der Waals surface area contributed by atoms with Gasteiger partial charge in [0.2, 0.25) is 0 Å². The predicted octanol–water partition coefficient (Wildman–Crippen LogP) is 8.97. The molecule has 2 nitrogen and oxygen atoms in total. The van der Waals surface area contributed by atoms with Crippen molar-refractivity contribution in [3.8, 4) is 22.6 Å². The van der Waals surface area contributed by atoms with Gasteiger partial charge in [-0.2, -0.15) is 0 Å². The Balaban J connectivity index is 1.73. The van der Waals surface area contributed by atoms with Crippen molar-refractivity contribution in [2.45, 2.75) is 90.9 Å². The molecule has 0 aliphatic rings. The molecule has 0 atom stereocenters. The van der Waals surface area contributed by atoms with Gasteiger partial charge in [-0.1, -0.05) is 96.3 Å². The molecule has 0 aliphatic carbocycles. The highest BCUT2D eigenvalue weighted by Gasteiger charge is 2.07. The van der Waals surface area contributed by atoms with Crippen LogP contribution >= 0.6 is 0 Å². The molecule has 2 rings (SSSR count). The van der Waals surface area contributed by atoms with Gasteiger partial charge in [-0.15, -0.1) is 0 Å². The van der Waals surface area contributed by atoms with E-state index in [1.807, 2.05) is 30.3 Å². The molecule has 172 valence electrons. The molecule has 2 aromatic carbocycles. The van der Waals surface area contributed by atoms with E-state index >= 15 is 0 Å². The Labute approximate surface area is 189 Å². The fourth-order valence-corrected chi connectivity index (χ4v) is 3.68. The Kier molecular flexibility index (Phi) is 12.8. The summed E-state index contributed by atoms with van der Waals surface area (Å²) in [4.78, 5) is 0. The maximum atomic E-state index is 14.5. The molecule has 0 spiro atoms. The zero-order chi connectivity index (χ0) is 22.2. The van der Waals surface area contributed by atoms with Crippen LogP contribution in [0, 0.1) is 5.82 Å². The molecule has 31 heavy (non-hydrogen) atoms. The predicted molar refractivity (Wildman–Crippen MR) is 130 cm³/mol. The van der Waals surface area contributed by atoms with Crippen LogP contribution in [0.3, 0.4) is 0 Å². The standard InChI is InChI=1S/C28H41FO2/c1-3-5-7-9-11-13-21-30-26-18-15-24(16-19-26)25-17-20-28(27(29)23-25)31-22-14-12-10-8-6-4-2/h15-20,23H,3-14,21-22H2,1-2H3. The molecule has 0 heterocycles. The van der Waals surface area contributed by atoms with E-state index < -0.39 is 0 Å². The molecule has 0 saturated carbocycles. The van der Waals surface area contributed by atoms with Gasteiger partial charge in [-0.05, 0) is 48.2 Å². The summed E-state index contributed by atoms with van der Waals surface area (Å²) in [5.41, 5.74) is 1.83. The van der Waals surface area contributed by atoms with Crippen LogP contribution in [0.15, 0.2) is 42.5 Å². The van der Waals surface area contributed by atoms with Crippen LogP contribution in [0.5, 0.6) is 11.5 Å². The average Bonchev–Trinajstić information content (AvgIpc) is 2.79. The largest absolute Gasteiger partial charge is 0.494 e. The molecule has 3 heteroatoms. The maximum Gasteiger partial charge on any atom is 0.165 e. The fraction of sp³-hybridized carbons (Fsp3) is 0.571. The van der Waals surface area contributed by atoms with E-state index in [0.717, 1.165) is 42.7 Å². The third kappa shape index (κ3) is 10.2. The number of rotatable bonds is 17. The Morgan fingerprint density at radius 2 is 1.10 bits per heavy atom. The van der Waals surface area contributed by atoms with E-state index in [9.17, 15) is 4.39 Å². The third-order valence-corrected chi connectivity index (χ3v) is 5.64. The lowest BCUT2D eigenvalue weighted by Crippen LogP contribution is -1.99. The molecule has 0 amide bonds. The minimum Gasteiger partial charge on any atom is -0.494 e. The lowest BCUT2D eigenvalue weighted by atomic mass is 10.1. The Morgan fingerprint density at radius 1 is 0.581 bits per heavy atom. The van der Waals surface area contributed by atoms with Crippen LogP contribution in [0.25, 0.3) is 11.1 Å². The SMILES string of the molecule is CCCCCCCCOc1ccc(-c2ccc(OCCCCCCCC)c(F)c2)cc1. The van der Waals surface area contributed by atoms with Gasteiger partial charge in [-0.25, -0.2) is 4.39 Å². The number of benzene rings is 2. The monoisotopic (exact) mass is 428 g/mol. The molecule has 0 bridgehead atoms. The minimum atomic E-state index is -0.299. The highest BCUT2D eigenvalue weighted by atomic mass is 19.1. The zero-order valence-corrected chi connectivity index (χ0v) is 19.6. The Bertz CT molecular complexity index is 711. The summed E-state index contributed by atoms with van der Waals surface area (Å²) in [5.74, 6) is 0.916. The summed E-state index contributed by atoms with van der Waals surface area (Å²) >= 11 is 0. The first-order valence-electron chi connectivity index (χ1n) is 12.4. The summed E-state index contributed by atoms with van der Waals surface area (Å²) in [6, 6.07) is 13.1. The van der Waals surface area contributed by atoms with E-state index in [1.54, 1.807) is 12.1 Å². The highest BCUT2D eigenvalue weighted by molar-refractivity contribution is 5.65. The summed E-state index contributed by atoms with van der Waals surface area (Å²) in [6.07, 6.45) is 14.7. The van der Waals surface area contributed by atoms with Gasteiger partial charge in [-0.3, -0.25) is 0 Å². The second-order valence-corrected chi connectivity index (χ2v) is 8.40. The smallest absolute Gasteiger partial charge is 0.165 e. The first-order valence-corrected chi connectivity index (χ1v) is 12.4. The molecule has 0 saturated heterocycles. The molecule has 0 fully saturated rings. The molecule has 0 unspecified atom stereocenters. The van der Waals surface area contributed by atoms with E-state index in [1.165, 1.54) is 57.8 Å². The van der Waals surface area contributed by atoms with Crippen molar-refractivity contribution < 1.29 is 13.9 Å². The first kappa shape index (κ1) is 25.2. The number of ether oxygens (including phenoxy) is 2. The molecule has 0 N–H and O–H groups in total. The van der Waals surface area contributed by atoms with Crippen molar-refractivity contribution >= 4 is 0 Å². The van der Waals surface area contributed by atoms with Crippen LogP contribution in [-0.4, -0.2) is 13.2 Å².